The number of carboxylic acid groups (broad SMARTS) is 1. The number of aromatic nitrogens is 1. The minimum Gasteiger partial charge on any atom is -0.478 e. The zero-order valence-corrected chi connectivity index (χ0v) is 11.3. The Kier molecular flexibility index (Phi) is 3.14. The van der Waals surface area contributed by atoms with Crippen LogP contribution in [0.15, 0.2) is 42.5 Å². The lowest BCUT2D eigenvalue weighted by atomic mass is 10.1. The van der Waals surface area contributed by atoms with Crippen molar-refractivity contribution in [1.82, 2.24) is 4.98 Å². The number of fused-ring (bicyclic) bond motifs is 1. The second-order valence-corrected chi connectivity index (χ2v) is 4.85. The quantitative estimate of drug-likeness (QED) is 0.693. The maximum Gasteiger partial charge on any atom is 0.335 e. The van der Waals surface area contributed by atoms with Crippen LogP contribution < -0.4 is 5.73 Å². The Morgan fingerprint density at radius 1 is 1.09 bits per heavy atom. The Morgan fingerprint density at radius 3 is 2.55 bits per heavy atom. The van der Waals surface area contributed by atoms with Crippen molar-refractivity contribution in [2.75, 3.05) is 0 Å². The summed E-state index contributed by atoms with van der Waals surface area (Å²) >= 11 is 0. The summed E-state index contributed by atoms with van der Waals surface area (Å²) in [6.45, 7) is 0. The third kappa shape index (κ3) is 2.31. The SMILES string of the molecule is NC(=O)c1cc(-c2cc3cc(C(=O)O)ccc3[nH]2)ccc1F. The number of amides is 1. The van der Waals surface area contributed by atoms with Gasteiger partial charge >= 0.3 is 5.97 Å². The van der Waals surface area contributed by atoms with Gasteiger partial charge in [0.25, 0.3) is 5.91 Å². The van der Waals surface area contributed by atoms with Crippen molar-refractivity contribution in [3.05, 3.63) is 59.4 Å². The van der Waals surface area contributed by atoms with Gasteiger partial charge in [0, 0.05) is 16.6 Å². The number of H-pyrrole nitrogens is 1. The smallest absolute Gasteiger partial charge is 0.335 e. The number of carbonyl (C=O) groups excluding carboxylic acids is 1. The summed E-state index contributed by atoms with van der Waals surface area (Å²) in [5.41, 5.74) is 7.09. The molecule has 0 saturated carbocycles. The van der Waals surface area contributed by atoms with Gasteiger partial charge in [0.05, 0.1) is 11.1 Å². The van der Waals surface area contributed by atoms with Gasteiger partial charge in [-0.05, 0) is 48.0 Å². The van der Waals surface area contributed by atoms with Gasteiger partial charge in [-0.15, -0.1) is 0 Å². The first-order valence-electron chi connectivity index (χ1n) is 6.41. The van der Waals surface area contributed by atoms with E-state index >= 15 is 0 Å². The second-order valence-electron chi connectivity index (χ2n) is 4.85. The average Bonchev–Trinajstić information content (AvgIpc) is 2.90. The highest BCUT2D eigenvalue weighted by atomic mass is 19.1. The maximum atomic E-state index is 13.5. The monoisotopic (exact) mass is 298 g/mol. The number of rotatable bonds is 3. The molecule has 0 spiro atoms. The van der Waals surface area contributed by atoms with Gasteiger partial charge in [0.15, 0.2) is 0 Å². The van der Waals surface area contributed by atoms with Gasteiger partial charge in [-0.25, -0.2) is 9.18 Å². The topological polar surface area (TPSA) is 96.2 Å². The van der Waals surface area contributed by atoms with Crippen LogP contribution in [-0.4, -0.2) is 22.0 Å². The van der Waals surface area contributed by atoms with Crippen LogP contribution in [0.1, 0.15) is 20.7 Å². The molecule has 0 aliphatic rings. The van der Waals surface area contributed by atoms with Crippen molar-refractivity contribution in [3.8, 4) is 11.3 Å². The molecule has 0 fully saturated rings. The fourth-order valence-electron chi connectivity index (χ4n) is 2.30. The molecule has 0 aliphatic carbocycles. The average molecular weight is 298 g/mol. The van der Waals surface area contributed by atoms with E-state index in [1.165, 1.54) is 30.3 Å². The van der Waals surface area contributed by atoms with Crippen LogP contribution >= 0.6 is 0 Å². The summed E-state index contributed by atoms with van der Waals surface area (Å²) in [4.78, 5) is 25.3. The summed E-state index contributed by atoms with van der Waals surface area (Å²) in [5, 5.41) is 9.70. The third-order valence-corrected chi connectivity index (χ3v) is 3.41. The Balaban J connectivity index is 2.12. The molecule has 3 aromatic rings. The van der Waals surface area contributed by atoms with Crippen LogP contribution in [0.25, 0.3) is 22.2 Å². The van der Waals surface area contributed by atoms with Crippen LogP contribution in [0.4, 0.5) is 4.39 Å². The fourth-order valence-corrected chi connectivity index (χ4v) is 2.30. The number of aromatic amines is 1. The second kappa shape index (κ2) is 5.00. The summed E-state index contributed by atoms with van der Waals surface area (Å²) in [5.74, 6) is -2.54. The van der Waals surface area contributed by atoms with Gasteiger partial charge in [-0.2, -0.15) is 0 Å². The molecule has 4 N–H and O–H groups in total. The van der Waals surface area contributed by atoms with E-state index in [1.807, 2.05) is 0 Å². The maximum absolute atomic E-state index is 13.5. The minimum absolute atomic E-state index is 0.176. The van der Waals surface area contributed by atoms with E-state index < -0.39 is 17.7 Å². The summed E-state index contributed by atoms with van der Waals surface area (Å²) in [7, 11) is 0. The van der Waals surface area contributed by atoms with Gasteiger partial charge in [-0.3, -0.25) is 4.79 Å². The number of primary amides is 1. The molecule has 22 heavy (non-hydrogen) atoms. The van der Waals surface area contributed by atoms with Crippen LogP contribution in [-0.2, 0) is 0 Å². The molecule has 0 bridgehead atoms. The molecule has 1 amide bonds. The first-order chi connectivity index (χ1) is 10.5. The number of halogens is 1. The number of carboxylic acids is 1. The van der Waals surface area contributed by atoms with E-state index in [0.717, 1.165) is 5.52 Å². The van der Waals surface area contributed by atoms with Crippen molar-refractivity contribution in [1.29, 1.82) is 0 Å². The molecule has 110 valence electrons. The Labute approximate surface area is 124 Å². The van der Waals surface area contributed by atoms with Crippen LogP contribution in [0.2, 0.25) is 0 Å². The first-order valence-corrected chi connectivity index (χ1v) is 6.41. The summed E-state index contributed by atoms with van der Waals surface area (Å²) in [6, 6.07) is 10.5. The highest BCUT2D eigenvalue weighted by molar-refractivity contribution is 5.96. The molecule has 1 aromatic heterocycles. The lowest BCUT2D eigenvalue weighted by molar-refractivity contribution is 0.0696. The number of nitrogens with two attached hydrogens (primary N) is 1. The predicted molar refractivity (Wildman–Crippen MR) is 79.2 cm³/mol. The highest BCUT2D eigenvalue weighted by Crippen LogP contribution is 2.26. The van der Waals surface area contributed by atoms with E-state index in [9.17, 15) is 14.0 Å². The Bertz CT molecular complexity index is 915. The first kappa shape index (κ1) is 13.8. The summed E-state index contributed by atoms with van der Waals surface area (Å²) < 4.78 is 13.5. The molecule has 0 aliphatic heterocycles. The third-order valence-electron chi connectivity index (χ3n) is 3.41. The van der Waals surface area contributed by atoms with Crippen LogP contribution in [0.3, 0.4) is 0 Å². The van der Waals surface area contributed by atoms with Gasteiger partial charge in [-0.1, -0.05) is 0 Å². The van der Waals surface area contributed by atoms with E-state index in [1.54, 1.807) is 12.1 Å². The number of hydrogen-bond acceptors (Lipinski definition) is 2. The molecule has 5 nitrogen and oxygen atoms in total. The lowest BCUT2D eigenvalue weighted by Gasteiger charge is -2.02. The molecular weight excluding hydrogens is 287 g/mol. The van der Waals surface area contributed by atoms with E-state index in [2.05, 4.69) is 4.98 Å². The van der Waals surface area contributed by atoms with E-state index in [0.29, 0.717) is 16.6 Å². The van der Waals surface area contributed by atoms with Gasteiger partial charge in [0.1, 0.15) is 5.82 Å². The molecule has 0 unspecified atom stereocenters. The zero-order chi connectivity index (χ0) is 15.9. The molecule has 0 saturated heterocycles. The number of carbonyl (C=O) groups is 2. The lowest BCUT2D eigenvalue weighted by Crippen LogP contribution is -2.13. The largest absolute Gasteiger partial charge is 0.478 e. The van der Waals surface area contributed by atoms with Crippen LogP contribution in [0, 0.1) is 5.82 Å². The van der Waals surface area contributed by atoms with Gasteiger partial charge in [0.2, 0.25) is 0 Å². The van der Waals surface area contributed by atoms with Gasteiger partial charge < -0.3 is 15.8 Å². The molecule has 0 atom stereocenters. The van der Waals surface area contributed by atoms with Crippen LogP contribution in [0.5, 0.6) is 0 Å². The zero-order valence-electron chi connectivity index (χ0n) is 11.3. The molecule has 0 radical (unpaired) electrons. The predicted octanol–water partition coefficient (Wildman–Crippen LogP) is 2.77. The van der Waals surface area contributed by atoms with Crippen molar-refractivity contribution in [2.45, 2.75) is 0 Å². The standard InChI is InChI=1S/C16H11FN2O3/c17-12-3-1-8(6-11(12)15(18)20)14-7-10-5-9(16(21)22)2-4-13(10)19-14/h1-7,19H,(H2,18,20)(H,21,22). The molecule has 3 rings (SSSR count). The number of aromatic carboxylic acids is 1. The minimum atomic E-state index is -1.01. The normalized spacial score (nSPS) is 10.8. The number of nitrogens with one attached hydrogen (secondary N) is 1. The molecule has 2 aromatic carbocycles. The van der Waals surface area contributed by atoms with Crippen molar-refractivity contribution in [3.63, 3.8) is 0 Å². The molecule has 6 heteroatoms. The Hall–Kier alpha value is -3.15. The summed E-state index contributed by atoms with van der Waals surface area (Å²) in [6.07, 6.45) is 0. The number of benzene rings is 2. The van der Waals surface area contributed by atoms with E-state index in [4.69, 9.17) is 10.8 Å². The number of hydrogen-bond donors (Lipinski definition) is 3. The van der Waals surface area contributed by atoms with Crippen molar-refractivity contribution < 1.29 is 19.1 Å². The van der Waals surface area contributed by atoms with Crippen molar-refractivity contribution in [2.24, 2.45) is 5.73 Å². The van der Waals surface area contributed by atoms with Crippen molar-refractivity contribution >= 4 is 22.8 Å². The highest BCUT2D eigenvalue weighted by Gasteiger charge is 2.12. The fraction of sp³-hybridized carbons (Fsp3) is 0. The molecular formula is C16H11FN2O3. The Morgan fingerprint density at radius 2 is 1.86 bits per heavy atom. The molecule has 1 heterocycles. The van der Waals surface area contributed by atoms with E-state index in [-0.39, 0.29) is 11.1 Å².